The largest absolute Gasteiger partial charge is 0.442 e. The fourth-order valence-corrected chi connectivity index (χ4v) is 4.31. The van der Waals surface area contributed by atoms with Crippen molar-refractivity contribution in [1.29, 1.82) is 0 Å². The van der Waals surface area contributed by atoms with E-state index in [1.165, 1.54) is 24.8 Å². The molecule has 0 aromatic heterocycles. The van der Waals surface area contributed by atoms with Crippen LogP contribution in [0.1, 0.15) is 25.8 Å². The number of benzene rings is 1. The van der Waals surface area contributed by atoms with Gasteiger partial charge in [-0.3, -0.25) is 14.5 Å². The van der Waals surface area contributed by atoms with Crippen LogP contribution >= 0.6 is 0 Å². The van der Waals surface area contributed by atoms with Crippen LogP contribution < -0.4 is 10.2 Å². The highest BCUT2D eigenvalue weighted by atomic mass is 19.1. The van der Waals surface area contributed by atoms with Crippen molar-refractivity contribution in [3.05, 3.63) is 29.6 Å². The molecule has 4 rings (SSSR count). The number of anilines is 1. The second-order valence-electron chi connectivity index (χ2n) is 7.67. The van der Waals surface area contributed by atoms with Crippen molar-refractivity contribution in [2.45, 2.75) is 31.8 Å². The van der Waals surface area contributed by atoms with Gasteiger partial charge in [0.05, 0.1) is 18.8 Å². The third-order valence-corrected chi connectivity index (χ3v) is 5.84. The number of ether oxygens (including phenoxy) is 1. The van der Waals surface area contributed by atoms with Crippen LogP contribution in [0, 0.1) is 11.7 Å². The fourth-order valence-electron chi connectivity index (χ4n) is 4.31. The molecule has 0 radical (unpaired) electrons. The molecule has 2 aliphatic heterocycles. The smallest absolute Gasteiger partial charge is 0.414 e. The number of amides is 3. The number of fused-ring (bicyclic) bond motifs is 1. The van der Waals surface area contributed by atoms with Gasteiger partial charge in [0.2, 0.25) is 11.8 Å². The minimum atomic E-state index is -0.552. The summed E-state index contributed by atoms with van der Waals surface area (Å²) < 4.78 is 20.1. The maximum Gasteiger partial charge on any atom is 0.414 e. The summed E-state index contributed by atoms with van der Waals surface area (Å²) in [4.78, 5) is 37.8. The molecule has 3 atom stereocenters. The maximum absolute atomic E-state index is 14.9. The number of likely N-dealkylation sites (tertiary alicyclic amines) is 1. The summed E-state index contributed by atoms with van der Waals surface area (Å²) in [7, 11) is 0. The van der Waals surface area contributed by atoms with Crippen molar-refractivity contribution < 1.29 is 23.5 Å². The van der Waals surface area contributed by atoms with Crippen LogP contribution in [0.5, 0.6) is 0 Å². The van der Waals surface area contributed by atoms with Gasteiger partial charge in [0.15, 0.2) is 0 Å². The van der Waals surface area contributed by atoms with Crippen LogP contribution in [0.15, 0.2) is 18.2 Å². The van der Waals surface area contributed by atoms with Crippen LogP contribution in [-0.4, -0.2) is 55.1 Å². The Kier molecular flexibility index (Phi) is 4.09. The molecule has 7 nitrogen and oxygen atoms in total. The first kappa shape index (κ1) is 17.8. The van der Waals surface area contributed by atoms with Crippen molar-refractivity contribution in [2.75, 3.05) is 31.1 Å². The van der Waals surface area contributed by atoms with Crippen LogP contribution in [0.2, 0.25) is 0 Å². The Labute approximate surface area is 156 Å². The number of halogens is 1. The summed E-state index contributed by atoms with van der Waals surface area (Å²) in [6.45, 7) is 4.64. The zero-order valence-electron chi connectivity index (χ0n) is 15.3. The summed E-state index contributed by atoms with van der Waals surface area (Å²) in [5.41, 5.74) is 0.761. The Bertz CT molecular complexity index is 829. The highest BCUT2D eigenvalue weighted by molar-refractivity contribution is 5.90. The van der Waals surface area contributed by atoms with Crippen molar-refractivity contribution in [2.24, 2.45) is 5.92 Å². The van der Waals surface area contributed by atoms with Gasteiger partial charge in [0, 0.05) is 32.4 Å². The number of hydrogen-bond acceptors (Lipinski definition) is 4. The first-order valence-electron chi connectivity index (χ1n) is 9.08. The van der Waals surface area contributed by atoms with E-state index in [-0.39, 0.29) is 36.1 Å². The van der Waals surface area contributed by atoms with Crippen LogP contribution in [0.25, 0.3) is 0 Å². The van der Waals surface area contributed by atoms with Crippen molar-refractivity contribution in [1.82, 2.24) is 10.2 Å². The number of cyclic esters (lactones) is 1. The van der Waals surface area contributed by atoms with E-state index < -0.39 is 12.2 Å². The van der Waals surface area contributed by atoms with Crippen molar-refractivity contribution in [3.8, 4) is 0 Å². The lowest BCUT2D eigenvalue weighted by atomic mass is 9.94. The third-order valence-electron chi connectivity index (χ3n) is 5.84. The molecule has 1 N–H and O–H groups in total. The van der Waals surface area contributed by atoms with Crippen LogP contribution in [-0.2, 0) is 19.7 Å². The fraction of sp³-hybridized carbons (Fsp3) is 0.526. The van der Waals surface area contributed by atoms with Gasteiger partial charge >= 0.3 is 6.09 Å². The van der Waals surface area contributed by atoms with E-state index in [1.54, 1.807) is 17.0 Å². The predicted octanol–water partition coefficient (Wildman–Crippen LogP) is 1.41. The lowest BCUT2D eigenvalue weighted by Crippen LogP contribution is -2.33. The third kappa shape index (κ3) is 3.02. The summed E-state index contributed by atoms with van der Waals surface area (Å²) in [6, 6.07) is 4.81. The Morgan fingerprint density at radius 3 is 2.74 bits per heavy atom. The lowest BCUT2D eigenvalue weighted by Gasteiger charge is -2.21. The summed E-state index contributed by atoms with van der Waals surface area (Å²) in [6.07, 6.45) is -0.129. The molecule has 3 amide bonds. The highest BCUT2D eigenvalue weighted by Gasteiger charge is 2.62. The Hall–Kier alpha value is -2.64. The molecule has 3 unspecified atom stereocenters. The van der Waals surface area contributed by atoms with Crippen molar-refractivity contribution in [3.63, 3.8) is 0 Å². The van der Waals surface area contributed by atoms with Crippen LogP contribution in [0.4, 0.5) is 14.9 Å². The van der Waals surface area contributed by atoms with Gasteiger partial charge in [0.25, 0.3) is 0 Å². The van der Waals surface area contributed by atoms with E-state index in [2.05, 4.69) is 5.32 Å². The van der Waals surface area contributed by atoms with E-state index in [1.807, 2.05) is 0 Å². The Morgan fingerprint density at radius 2 is 2.11 bits per heavy atom. The molecule has 0 bridgehead atoms. The number of nitrogens with zero attached hydrogens (tertiary/aromatic N) is 2. The molecule has 2 saturated heterocycles. The Balaban J connectivity index is 1.49. The zero-order chi connectivity index (χ0) is 19.3. The highest BCUT2D eigenvalue weighted by Crippen LogP contribution is 2.59. The van der Waals surface area contributed by atoms with E-state index in [4.69, 9.17) is 4.74 Å². The molecule has 1 aromatic carbocycles. The molecule has 27 heavy (non-hydrogen) atoms. The molecule has 1 aliphatic carbocycles. The van der Waals surface area contributed by atoms with E-state index in [0.717, 1.165) is 6.42 Å². The molecule has 1 saturated carbocycles. The topological polar surface area (TPSA) is 79.0 Å². The predicted molar refractivity (Wildman–Crippen MR) is 94.7 cm³/mol. The Morgan fingerprint density at radius 1 is 1.33 bits per heavy atom. The van der Waals surface area contributed by atoms with Gasteiger partial charge in [-0.2, -0.15) is 0 Å². The molecule has 3 aliphatic rings. The van der Waals surface area contributed by atoms with Crippen LogP contribution in [0.3, 0.4) is 0 Å². The second kappa shape index (κ2) is 6.21. The number of hydrogen-bond donors (Lipinski definition) is 1. The molecule has 3 fully saturated rings. The van der Waals surface area contributed by atoms with E-state index in [0.29, 0.717) is 30.3 Å². The number of nitrogens with one attached hydrogen (secondary N) is 1. The number of carbonyl (C=O) groups excluding carboxylic acids is 3. The second-order valence-corrected chi connectivity index (χ2v) is 7.67. The molecular weight excluding hydrogens is 353 g/mol. The molecular formula is C19H22FN3O4. The molecule has 1 aromatic rings. The minimum Gasteiger partial charge on any atom is -0.442 e. The number of rotatable bonds is 4. The molecule has 144 valence electrons. The SMILES string of the molecule is CC(=O)NCC1CN(c2ccc(C34CC3CN(C(C)=O)C4)c(F)c2)C(=O)O1. The van der Waals surface area contributed by atoms with Gasteiger partial charge in [-0.25, -0.2) is 9.18 Å². The number of carbonyl (C=O) groups is 3. The quantitative estimate of drug-likeness (QED) is 0.863. The average molecular weight is 375 g/mol. The normalized spacial score (nSPS) is 28.8. The lowest BCUT2D eigenvalue weighted by molar-refractivity contribution is -0.128. The average Bonchev–Trinajstić information content (AvgIpc) is 2.97. The van der Waals surface area contributed by atoms with E-state index >= 15 is 0 Å². The summed E-state index contributed by atoms with van der Waals surface area (Å²) in [5.74, 6) is -0.239. The number of piperidine rings is 1. The van der Waals surface area contributed by atoms with Gasteiger partial charge < -0.3 is 15.0 Å². The van der Waals surface area contributed by atoms with E-state index in [9.17, 15) is 18.8 Å². The summed E-state index contributed by atoms with van der Waals surface area (Å²) in [5, 5.41) is 2.61. The molecule has 8 heteroatoms. The monoisotopic (exact) mass is 375 g/mol. The zero-order valence-corrected chi connectivity index (χ0v) is 15.3. The first-order chi connectivity index (χ1) is 12.8. The van der Waals surface area contributed by atoms with Gasteiger partial charge in [-0.15, -0.1) is 0 Å². The summed E-state index contributed by atoms with van der Waals surface area (Å²) >= 11 is 0. The molecule has 0 spiro atoms. The van der Waals surface area contributed by atoms with Crippen molar-refractivity contribution >= 4 is 23.6 Å². The first-order valence-corrected chi connectivity index (χ1v) is 9.08. The maximum atomic E-state index is 14.9. The molecule has 2 heterocycles. The minimum absolute atomic E-state index is 0.0172. The van der Waals surface area contributed by atoms with Gasteiger partial charge in [-0.05, 0) is 30.0 Å². The van der Waals surface area contributed by atoms with Gasteiger partial charge in [0.1, 0.15) is 11.9 Å². The van der Waals surface area contributed by atoms with Gasteiger partial charge in [-0.1, -0.05) is 6.07 Å². The standard InChI is InChI=1S/C19H22FN3O4/c1-11(24)21-7-15-9-23(18(26)27-15)14-3-4-16(17(20)5-14)19-6-13(19)8-22(10-19)12(2)25/h3-5,13,15H,6-10H2,1-2H3,(H,21,24).